The fourth-order valence-electron chi connectivity index (χ4n) is 10.0. The fraction of sp³-hybridized carbons (Fsp3) is 0.0303. The van der Waals surface area contributed by atoms with Gasteiger partial charge in [0.1, 0.15) is 23.0 Å². The Balaban J connectivity index is 1.08. The first-order chi connectivity index (χ1) is 34.6. The van der Waals surface area contributed by atoms with Crippen molar-refractivity contribution in [1.29, 1.82) is 0 Å². The minimum Gasteiger partial charge on any atom is -0.457 e. The van der Waals surface area contributed by atoms with E-state index >= 15 is 0 Å². The predicted octanol–water partition coefficient (Wildman–Crippen LogP) is 17.2. The molecule has 0 atom stereocenters. The van der Waals surface area contributed by atoms with Crippen LogP contribution in [-0.4, -0.2) is 10.2 Å². The van der Waals surface area contributed by atoms with Gasteiger partial charge in [-0.1, -0.05) is 170 Å². The molecule has 0 aromatic heterocycles. The van der Waals surface area contributed by atoms with Crippen LogP contribution >= 0.6 is 0 Å². The molecular formula is C66H46O4. The van der Waals surface area contributed by atoms with E-state index in [-0.39, 0.29) is 13.2 Å². The third kappa shape index (κ3) is 8.11. The summed E-state index contributed by atoms with van der Waals surface area (Å²) in [6, 6.07) is 84.0. The third-order valence-corrected chi connectivity index (χ3v) is 13.4. The molecule has 70 heavy (non-hydrogen) atoms. The van der Waals surface area contributed by atoms with Gasteiger partial charge in [-0.15, -0.1) is 0 Å². The number of aliphatic hydroxyl groups excluding tert-OH is 2. The number of hydrogen-bond acceptors (Lipinski definition) is 4. The second-order valence-electron chi connectivity index (χ2n) is 17.8. The maximum Gasteiger partial charge on any atom is 0.136 e. The molecule has 4 heteroatoms. The minimum absolute atomic E-state index is 0.0548. The highest BCUT2D eigenvalue weighted by molar-refractivity contribution is 6.11. The van der Waals surface area contributed by atoms with Crippen molar-refractivity contribution in [3.8, 4) is 78.6 Å². The molecule has 0 unspecified atom stereocenters. The predicted molar refractivity (Wildman–Crippen MR) is 289 cm³/mol. The molecule has 0 aliphatic carbocycles. The number of ether oxygens (including phenoxy) is 2. The van der Waals surface area contributed by atoms with Crippen LogP contribution in [0.3, 0.4) is 0 Å². The van der Waals surface area contributed by atoms with E-state index in [1.807, 2.05) is 72.8 Å². The summed E-state index contributed by atoms with van der Waals surface area (Å²) in [7, 11) is 0. The first-order valence-electron chi connectivity index (χ1n) is 23.6. The van der Waals surface area contributed by atoms with E-state index in [0.717, 1.165) is 110 Å². The number of fused-ring (bicyclic) bond motifs is 4. The lowest BCUT2D eigenvalue weighted by Gasteiger charge is -2.21. The van der Waals surface area contributed by atoms with Crippen molar-refractivity contribution in [3.05, 3.63) is 254 Å². The Kier molecular flexibility index (Phi) is 11.2. The average molecular weight is 903 g/mol. The van der Waals surface area contributed by atoms with Gasteiger partial charge >= 0.3 is 0 Å². The Bertz CT molecular complexity index is 3630. The van der Waals surface area contributed by atoms with Crippen molar-refractivity contribution < 1.29 is 19.7 Å². The van der Waals surface area contributed by atoms with Crippen LogP contribution in [0, 0.1) is 0 Å². The highest BCUT2D eigenvalue weighted by atomic mass is 16.5. The molecule has 0 heterocycles. The summed E-state index contributed by atoms with van der Waals surface area (Å²) in [4.78, 5) is 0. The minimum atomic E-state index is -0.0548. The zero-order valence-corrected chi connectivity index (χ0v) is 38.2. The molecule has 0 bridgehead atoms. The van der Waals surface area contributed by atoms with E-state index < -0.39 is 0 Å². The van der Waals surface area contributed by atoms with Crippen molar-refractivity contribution in [3.63, 3.8) is 0 Å². The van der Waals surface area contributed by atoms with Crippen molar-refractivity contribution in [2.24, 2.45) is 0 Å². The molecule has 2 N–H and O–H groups in total. The lowest BCUT2D eigenvalue weighted by Crippen LogP contribution is -1.96. The summed E-state index contributed by atoms with van der Waals surface area (Å²) < 4.78 is 14.4. The van der Waals surface area contributed by atoms with Crippen LogP contribution in [0.4, 0.5) is 0 Å². The average Bonchev–Trinajstić information content (AvgIpc) is 3.43. The van der Waals surface area contributed by atoms with Crippen LogP contribution in [0.25, 0.3) is 98.7 Å². The lowest BCUT2D eigenvalue weighted by atomic mass is 9.90. The molecule has 4 nitrogen and oxygen atoms in total. The third-order valence-electron chi connectivity index (χ3n) is 13.4. The molecule has 334 valence electrons. The van der Waals surface area contributed by atoms with E-state index in [0.29, 0.717) is 23.0 Å². The van der Waals surface area contributed by atoms with Crippen molar-refractivity contribution >= 4 is 43.1 Å². The van der Waals surface area contributed by atoms with Gasteiger partial charge in [0.2, 0.25) is 0 Å². The maximum atomic E-state index is 10.3. The molecule has 0 fully saturated rings. The summed E-state index contributed by atoms with van der Waals surface area (Å²) in [6.45, 7) is -0.110. The Hall–Kier alpha value is -8.80. The molecule has 0 saturated heterocycles. The number of rotatable bonds is 11. The van der Waals surface area contributed by atoms with Crippen LogP contribution < -0.4 is 9.47 Å². The van der Waals surface area contributed by atoms with Gasteiger partial charge in [-0.2, -0.15) is 0 Å². The van der Waals surface area contributed by atoms with Crippen LogP contribution in [0.5, 0.6) is 23.0 Å². The standard InChI is InChI=1S/C66H46O4/c67-41-43-33-51-21-27-55(39-61(51)59(35-43)47-17-9-3-10-18-47)69-63-31-25-53-37-49(45-13-5-1-6-14-45)23-29-57(53)65(63)66-58-30-24-50(46-15-7-2-8-16-46)38-54(58)26-32-64(66)70-56-28-22-52-34-44(42-68)36-60(62(52)40-56)48-19-11-4-12-20-48/h1-40,67-68H,41-42H2. The first kappa shape index (κ1) is 42.5. The summed E-state index contributed by atoms with van der Waals surface area (Å²) in [5, 5.41) is 28.8. The zero-order chi connectivity index (χ0) is 47.0. The number of aliphatic hydroxyl groups is 2. The molecule has 0 aliphatic rings. The molecule has 0 spiro atoms. The summed E-state index contributed by atoms with van der Waals surface area (Å²) >= 11 is 0. The fourth-order valence-corrected chi connectivity index (χ4v) is 10.0. The molecule has 0 amide bonds. The van der Waals surface area contributed by atoms with Crippen molar-refractivity contribution in [1.82, 2.24) is 0 Å². The number of hydrogen-bond donors (Lipinski definition) is 2. The summed E-state index contributed by atoms with van der Waals surface area (Å²) in [5.74, 6) is 2.72. The molecule has 12 rings (SSSR count). The lowest BCUT2D eigenvalue weighted by molar-refractivity contribution is 0.282. The van der Waals surface area contributed by atoms with E-state index in [4.69, 9.17) is 9.47 Å². The zero-order valence-electron chi connectivity index (χ0n) is 38.2. The van der Waals surface area contributed by atoms with Gasteiger partial charge in [0.05, 0.1) is 13.2 Å². The van der Waals surface area contributed by atoms with Gasteiger partial charge < -0.3 is 19.7 Å². The smallest absolute Gasteiger partial charge is 0.136 e. The highest BCUT2D eigenvalue weighted by Gasteiger charge is 2.22. The maximum absolute atomic E-state index is 10.3. The molecule has 0 radical (unpaired) electrons. The Morgan fingerprint density at radius 3 is 1.01 bits per heavy atom. The molecule has 12 aromatic rings. The molecule has 0 saturated carbocycles. The summed E-state index contributed by atoms with van der Waals surface area (Å²) in [6.07, 6.45) is 0. The summed E-state index contributed by atoms with van der Waals surface area (Å²) in [5.41, 5.74) is 12.2. The Morgan fingerprint density at radius 1 is 0.271 bits per heavy atom. The molecule has 0 aliphatic heterocycles. The van der Waals surface area contributed by atoms with E-state index in [1.54, 1.807) is 0 Å². The normalized spacial score (nSPS) is 11.4. The van der Waals surface area contributed by atoms with Gasteiger partial charge in [0.15, 0.2) is 0 Å². The van der Waals surface area contributed by atoms with Crippen LogP contribution in [0.2, 0.25) is 0 Å². The van der Waals surface area contributed by atoms with E-state index in [9.17, 15) is 10.2 Å². The van der Waals surface area contributed by atoms with Gasteiger partial charge in [-0.25, -0.2) is 0 Å². The van der Waals surface area contributed by atoms with Gasteiger partial charge in [0.25, 0.3) is 0 Å². The molecular weight excluding hydrogens is 857 g/mol. The van der Waals surface area contributed by atoms with Gasteiger partial charge in [-0.05, 0) is 172 Å². The first-order valence-corrected chi connectivity index (χ1v) is 23.6. The second kappa shape index (κ2) is 18.4. The van der Waals surface area contributed by atoms with Crippen molar-refractivity contribution in [2.45, 2.75) is 13.2 Å². The van der Waals surface area contributed by atoms with Gasteiger partial charge in [-0.3, -0.25) is 0 Å². The quantitative estimate of drug-likeness (QED) is 0.136. The van der Waals surface area contributed by atoms with Crippen molar-refractivity contribution in [2.75, 3.05) is 0 Å². The van der Waals surface area contributed by atoms with Crippen LogP contribution in [0.1, 0.15) is 11.1 Å². The van der Waals surface area contributed by atoms with E-state index in [2.05, 4.69) is 170 Å². The monoisotopic (exact) mass is 902 g/mol. The number of benzene rings is 12. The SMILES string of the molecule is OCc1cc(-c2ccccc2)c2cc(Oc3ccc4cc(-c5ccccc5)ccc4c3-c3c(Oc4ccc5cc(CO)cc(-c6ccccc6)c5c4)ccc4cc(-c5ccccc5)ccc34)ccc2c1. The topological polar surface area (TPSA) is 58.9 Å². The van der Waals surface area contributed by atoms with Crippen LogP contribution in [0.15, 0.2) is 243 Å². The molecule has 12 aromatic carbocycles. The Labute approximate surface area is 406 Å². The van der Waals surface area contributed by atoms with E-state index in [1.165, 1.54) is 0 Å². The van der Waals surface area contributed by atoms with Gasteiger partial charge in [0, 0.05) is 11.1 Å². The highest BCUT2D eigenvalue weighted by Crippen LogP contribution is 2.49. The second-order valence-corrected chi connectivity index (χ2v) is 17.8. The van der Waals surface area contributed by atoms with Crippen LogP contribution in [-0.2, 0) is 13.2 Å². The Morgan fingerprint density at radius 2 is 0.629 bits per heavy atom. The largest absolute Gasteiger partial charge is 0.457 e.